The van der Waals surface area contributed by atoms with Crippen LogP contribution in [0, 0.1) is 0 Å². The summed E-state index contributed by atoms with van der Waals surface area (Å²) in [7, 11) is 0. The van der Waals surface area contributed by atoms with Crippen molar-refractivity contribution in [1.29, 1.82) is 0 Å². The normalized spacial score (nSPS) is 12.2. The van der Waals surface area contributed by atoms with E-state index in [-0.39, 0.29) is 5.91 Å². The number of amides is 1. The van der Waals surface area contributed by atoms with Gasteiger partial charge in [-0.1, -0.05) is 36.7 Å². The van der Waals surface area contributed by atoms with E-state index in [1.54, 1.807) is 24.3 Å². The number of anilines is 1. The summed E-state index contributed by atoms with van der Waals surface area (Å²) in [6.45, 7) is 4.96. The van der Waals surface area contributed by atoms with Crippen molar-refractivity contribution in [1.82, 2.24) is 4.57 Å². The molecule has 1 heterocycles. The topological polar surface area (TPSA) is 43.3 Å². The van der Waals surface area contributed by atoms with E-state index in [0.717, 1.165) is 23.1 Å². The fraction of sp³-hybridized carbons (Fsp3) is 0.208. The van der Waals surface area contributed by atoms with Crippen molar-refractivity contribution < 1.29 is 9.53 Å². The Bertz CT molecular complexity index is 1160. The molecule has 1 unspecified atom stereocenters. The molecule has 1 aromatic heterocycles. The van der Waals surface area contributed by atoms with E-state index in [9.17, 15) is 4.79 Å². The van der Waals surface area contributed by atoms with Crippen molar-refractivity contribution >= 4 is 45.0 Å². The quantitative estimate of drug-likeness (QED) is 0.410. The first-order valence-electron chi connectivity index (χ1n) is 9.84. The average Bonchev–Trinajstić information content (AvgIpc) is 3.06. The van der Waals surface area contributed by atoms with Crippen molar-refractivity contribution in [3.8, 4) is 5.75 Å². The molecule has 4 aromatic rings. The molecule has 1 amide bonds. The summed E-state index contributed by atoms with van der Waals surface area (Å²) in [6, 6.07) is 21.4. The Hall–Kier alpha value is -2.98. The highest BCUT2D eigenvalue weighted by molar-refractivity contribution is 6.30. The molecular weight excluding hydrogens is 384 g/mol. The molecule has 0 spiro atoms. The lowest BCUT2D eigenvalue weighted by atomic mass is 10.1. The van der Waals surface area contributed by atoms with E-state index in [0.29, 0.717) is 17.2 Å². The van der Waals surface area contributed by atoms with Crippen LogP contribution in [-0.4, -0.2) is 16.6 Å². The zero-order valence-corrected chi connectivity index (χ0v) is 17.2. The molecule has 0 saturated carbocycles. The Morgan fingerprint density at radius 1 is 1.00 bits per heavy atom. The molecule has 0 radical (unpaired) electrons. The number of fused-ring (bicyclic) bond motifs is 3. The fourth-order valence-electron chi connectivity index (χ4n) is 3.69. The van der Waals surface area contributed by atoms with Crippen LogP contribution in [-0.2, 0) is 11.3 Å². The van der Waals surface area contributed by atoms with E-state index < -0.39 is 6.10 Å². The summed E-state index contributed by atoms with van der Waals surface area (Å²) in [5, 5.41) is 5.96. The molecule has 0 saturated heterocycles. The minimum atomic E-state index is -0.580. The van der Waals surface area contributed by atoms with Crippen LogP contribution in [0.5, 0.6) is 5.75 Å². The fourth-order valence-corrected chi connectivity index (χ4v) is 3.82. The summed E-state index contributed by atoms with van der Waals surface area (Å²) in [6.07, 6.45) is -0.0184. The van der Waals surface area contributed by atoms with Crippen molar-refractivity contribution in [3.63, 3.8) is 0 Å². The third-order valence-corrected chi connectivity index (χ3v) is 5.36. The highest BCUT2D eigenvalue weighted by Crippen LogP contribution is 2.31. The SMILES string of the molecule is CCC(Oc1ccc(Cl)cc1)C(=O)Nc1ccc2c(c1)c1ccccc1n2CC. The summed E-state index contributed by atoms with van der Waals surface area (Å²) >= 11 is 5.92. The van der Waals surface area contributed by atoms with E-state index >= 15 is 0 Å². The Balaban J connectivity index is 1.60. The first kappa shape index (κ1) is 19.3. The predicted octanol–water partition coefficient (Wildman–Crippen LogP) is 6.26. The molecule has 0 aliphatic carbocycles. The lowest BCUT2D eigenvalue weighted by molar-refractivity contribution is -0.122. The van der Waals surface area contributed by atoms with Gasteiger partial charge in [0.15, 0.2) is 6.10 Å². The maximum absolute atomic E-state index is 12.8. The van der Waals surface area contributed by atoms with Gasteiger partial charge in [-0.3, -0.25) is 4.79 Å². The monoisotopic (exact) mass is 406 g/mol. The van der Waals surface area contributed by atoms with Crippen LogP contribution >= 0.6 is 11.6 Å². The number of hydrogen-bond acceptors (Lipinski definition) is 2. The maximum Gasteiger partial charge on any atom is 0.265 e. The molecule has 1 atom stereocenters. The van der Waals surface area contributed by atoms with Gasteiger partial charge in [-0.15, -0.1) is 0 Å². The number of nitrogens with zero attached hydrogens (tertiary/aromatic N) is 1. The number of carbonyl (C=O) groups excluding carboxylic acids is 1. The van der Waals surface area contributed by atoms with E-state index in [1.165, 1.54) is 10.9 Å². The number of rotatable bonds is 6. The van der Waals surface area contributed by atoms with E-state index in [4.69, 9.17) is 16.3 Å². The minimum absolute atomic E-state index is 0.166. The Morgan fingerprint density at radius 2 is 1.72 bits per heavy atom. The highest BCUT2D eigenvalue weighted by Gasteiger charge is 2.19. The van der Waals surface area contributed by atoms with E-state index in [2.05, 4.69) is 41.1 Å². The third kappa shape index (κ3) is 3.81. The number of hydrogen-bond donors (Lipinski definition) is 1. The van der Waals surface area contributed by atoms with Crippen LogP contribution in [0.3, 0.4) is 0 Å². The Morgan fingerprint density at radius 3 is 2.45 bits per heavy atom. The van der Waals surface area contributed by atoms with Crippen LogP contribution in [0.2, 0.25) is 5.02 Å². The van der Waals surface area contributed by atoms with Gasteiger partial charge in [0.2, 0.25) is 0 Å². The average molecular weight is 407 g/mol. The Kier molecular flexibility index (Phi) is 5.45. The maximum atomic E-state index is 12.8. The molecule has 0 fully saturated rings. The molecule has 4 nitrogen and oxygen atoms in total. The zero-order valence-electron chi connectivity index (χ0n) is 16.5. The van der Waals surface area contributed by atoms with Gasteiger partial charge in [-0.2, -0.15) is 0 Å². The first-order valence-corrected chi connectivity index (χ1v) is 10.2. The van der Waals surface area contributed by atoms with Gasteiger partial charge in [0.05, 0.1) is 0 Å². The van der Waals surface area contributed by atoms with Gasteiger partial charge in [0.1, 0.15) is 5.75 Å². The lowest BCUT2D eigenvalue weighted by Gasteiger charge is -2.17. The molecule has 4 rings (SSSR count). The van der Waals surface area contributed by atoms with Crippen molar-refractivity contribution in [2.75, 3.05) is 5.32 Å². The smallest absolute Gasteiger partial charge is 0.265 e. The second-order valence-electron chi connectivity index (χ2n) is 6.95. The zero-order chi connectivity index (χ0) is 20.4. The number of nitrogens with one attached hydrogen (secondary N) is 1. The number of para-hydroxylation sites is 1. The van der Waals surface area contributed by atoms with Crippen LogP contribution in [0.15, 0.2) is 66.7 Å². The molecule has 29 heavy (non-hydrogen) atoms. The number of halogens is 1. The summed E-state index contributed by atoms with van der Waals surface area (Å²) < 4.78 is 8.14. The van der Waals surface area contributed by atoms with Crippen LogP contribution < -0.4 is 10.1 Å². The number of carbonyl (C=O) groups is 1. The van der Waals surface area contributed by atoms with Gasteiger partial charge in [0, 0.05) is 39.1 Å². The summed E-state index contributed by atoms with van der Waals surface area (Å²) in [4.78, 5) is 12.8. The summed E-state index contributed by atoms with van der Waals surface area (Å²) in [5.74, 6) is 0.457. The molecule has 3 aromatic carbocycles. The predicted molar refractivity (Wildman–Crippen MR) is 120 cm³/mol. The number of aryl methyl sites for hydroxylation is 1. The van der Waals surface area contributed by atoms with Crippen molar-refractivity contribution in [2.24, 2.45) is 0 Å². The van der Waals surface area contributed by atoms with Gasteiger partial charge < -0.3 is 14.6 Å². The molecule has 148 valence electrons. The minimum Gasteiger partial charge on any atom is -0.481 e. The van der Waals surface area contributed by atoms with Crippen molar-refractivity contribution in [3.05, 3.63) is 71.8 Å². The van der Waals surface area contributed by atoms with Crippen LogP contribution in [0.1, 0.15) is 20.3 Å². The van der Waals surface area contributed by atoms with E-state index in [1.807, 2.05) is 25.1 Å². The molecule has 0 bridgehead atoms. The largest absolute Gasteiger partial charge is 0.481 e. The summed E-state index contributed by atoms with van der Waals surface area (Å²) in [5.41, 5.74) is 3.13. The van der Waals surface area contributed by atoms with Crippen LogP contribution in [0.4, 0.5) is 5.69 Å². The third-order valence-electron chi connectivity index (χ3n) is 5.11. The second-order valence-corrected chi connectivity index (χ2v) is 7.39. The molecule has 5 heteroatoms. The molecular formula is C24H23ClN2O2. The van der Waals surface area contributed by atoms with Crippen LogP contribution in [0.25, 0.3) is 21.8 Å². The standard InChI is InChI=1S/C24H23ClN2O2/c1-3-23(29-18-12-9-16(25)10-13-18)24(28)26-17-11-14-22-20(15-17)19-7-5-6-8-21(19)27(22)4-2/h5-15,23H,3-4H2,1-2H3,(H,26,28). The van der Waals surface area contributed by atoms with Gasteiger partial charge in [0.25, 0.3) is 5.91 Å². The molecule has 0 aliphatic heterocycles. The lowest BCUT2D eigenvalue weighted by Crippen LogP contribution is -2.32. The Labute approximate surface area is 175 Å². The molecule has 0 aliphatic rings. The van der Waals surface area contributed by atoms with Gasteiger partial charge in [-0.05, 0) is 61.9 Å². The second kappa shape index (κ2) is 8.18. The highest BCUT2D eigenvalue weighted by atomic mass is 35.5. The van der Waals surface area contributed by atoms with Gasteiger partial charge in [-0.25, -0.2) is 0 Å². The number of benzene rings is 3. The first-order chi connectivity index (χ1) is 14.1. The van der Waals surface area contributed by atoms with Gasteiger partial charge >= 0.3 is 0 Å². The number of ether oxygens (including phenoxy) is 1. The molecule has 1 N–H and O–H groups in total. The van der Waals surface area contributed by atoms with Crippen molar-refractivity contribution in [2.45, 2.75) is 32.9 Å². The number of aromatic nitrogens is 1.